The van der Waals surface area contributed by atoms with Gasteiger partial charge in [0.25, 0.3) is 11.1 Å². The van der Waals surface area contributed by atoms with Crippen LogP contribution in [-0.4, -0.2) is 27.7 Å². The smallest absolute Gasteiger partial charge is 0.293 e. The number of hydrogen-bond acceptors (Lipinski definition) is 3. The van der Waals surface area contributed by atoms with E-state index in [0.717, 1.165) is 39.3 Å². The van der Waals surface area contributed by atoms with E-state index in [0.29, 0.717) is 4.91 Å². The summed E-state index contributed by atoms with van der Waals surface area (Å²) in [5, 5.41) is -0.227. The molecule has 0 unspecified atom stereocenters. The standard InChI is InChI=1S/C19H20N2O2S/c1-11-7-6-8-16(13(11)3)21-12(2)9-15(14(21)4)10-17-18(22)20(5)19(23)24-17/h6-10H,1-5H3/b17-10-. The zero-order valence-corrected chi connectivity index (χ0v) is 15.3. The number of hydrogen-bond donors (Lipinski definition) is 0. The first-order valence-corrected chi connectivity index (χ1v) is 8.60. The van der Waals surface area contributed by atoms with Crippen molar-refractivity contribution in [2.24, 2.45) is 0 Å². The zero-order valence-electron chi connectivity index (χ0n) is 14.5. The fourth-order valence-corrected chi connectivity index (χ4v) is 3.79. The SMILES string of the molecule is Cc1cccc(-n2c(C)cc(/C=C3\SC(=O)N(C)C3=O)c2C)c1C. The molecule has 1 fully saturated rings. The van der Waals surface area contributed by atoms with E-state index in [9.17, 15) is 9.59 Å². The monoisotopic (exact) mass is 340 g/mol. The summed E-state index contributed by atoms with van der Waals surface area (Å²) in [4.78, 5) is 25.4. The predicted molar refractivity (Wildman–Crippen MR) is 98.5 cm³/mol. The lowest BCUT2D eigenvalue weighted by Gasteiger charge is -2.14. The van der Waals surface area contributed by atoms with Crippen LogP contribution in [0.3, 0.4) is 0 Å². The Balaban J connectivity index is 2.10. The van der Waals surface area contributed by atoms with Gasteiger partial charge in [-0.3, -0.25) is 14.5 Å². The van der Waals surface area contributed by atoms with Gasteiger partial charge >= 0.3 is 0 Å². The van der Waals surface area contributed by atoms with E-state index in [1.54, 1.807) is 0 Å². The van der Waals surface area contributed by atoms with E-state index in [1.807, 2.05) is 13.0 Å². The maximum Gasteiger partial charge on any atom is 0.293 e. The van der Waals surface area contributed by atoms with Gasteiger partial charge in [-0.2, -0.15) is 0 Å². The quantitative estimate of drug-likeness (QED) is 0.762. The molecule has 124 valence electrons. The summed E-state index contributed by atoms with van der Waals surface area (Å²) < 4.78 is 2.20. The van der Waals surface area contributed by atoms with Crippen molar-refractivity contribution in [1.29, 1.82) is 0 Å². The highest BCUT2D eigenvalue weighted by Gasteiger charge is 2.32. The number of carbonyl (C=O) groups is 2. The minimum atomic E-state index is -0.235. The zero-order chi connectivity index (χ0) is 17.6. The van der Waals surface area contributed by atoms with Crippen molar-refractivity contribution < 1.29 is 9.59 Å². The molecule has 0 atom stereocenters. The molecule has 0 bridgehead atoms. The fraction of sp³-hybridized carbons (Fsp3) is 0.263. The van der Waals surface area contributed by atoms with Crippen LogP contribution in [-0.2, 0) is 4.79 Å². The number of benzene rings is 1. The molecule has 1 aromatic heterocycles. The van der Waals surface area contributed by atoms with Crippen molar-refractivity contribution in [2.75, 3.05) is 7.05 Å². The van der Waals surface area contributed by atoms with E-state index in [-0.39, 0.29) is 11.1 Å². The maximum atomic E-state index is 12.1. The third-order valence-corrected chi connectivity index (χ3v) is 5.52. The van der Waals surface area contributed by atoms with Crippen molar-refractivity contribution in [2.45, 2.75) is 27.7 Å². The molecule has 4 nitrogen and oxygen atoms in total. The van der Waals surface area contributed by atoms with E-state index in [4.69, 9.17) is 0 Å². The lowest BCUT2D eigenvalue weighted by Crippen LogP contribution is -2.22. The number of likely N-dealkylation sites (N-methyl/N-ethyl adjacent to an activating group) is 1. The highest BCUT2D eigenvalue weighted by molar-refractivity contribution is 8.18. The van der Waals surface area contributed by atoms with Crippen LogP contribution in [0.1, 0.15) is 28.1 Å². The molecule has 1 aliphatic rings. The number of rotatable bonds is 2. The first-order chi connectivity index (χ1) is 11.3. The number of thioether (sulfide) groups is 1. The molecule has 2 heterocycles. The molecule has 1 aromatic carbocycles. The Hall–Kier alpha value is -2.27. The first-order valence-electron chi connectivity index (χ1n) is 7.78. The van der Waals surface area contributed by atoms with Gasteiger partial charge in [-0.15, -0.1) is 0 Å². The number of aryl methyl sites for hydroxylation is 2. The van der Waals surface area contributed by atoms with Crippen LogP contribution in [0.15, 0.2) is 29.2 Å². The second-order valence-corrected chi connectivity index (χ2v) is 7.11. The average molecular weight is 340 g/mol. The van der Waals surface area contributed by atoms with E-state index in [2.05, 4.69) is 49.6 Å². The Morgan fingerprint density at radius 3 is 2.42 bits per heavy atom. The normalized spacial score (nSPS) is 16.5. The maximum absolute atomic E-state index is 12.1. The molecule has 2 amide bonds. The molecule has 24 heavy (non-hydrogen) atoms. The van der Waals surface area contributed by atoms with Crippen molar-refractivity contribution in [1.82, 2.24) is 9.47 Å². The third kappa shape index (κ3) is 2.59. The van der Waals surface area contributed by atoms with Crippen molar-refractivity contribution >= 4 is 29.0 Å². The molecule has 3 rings (SSSR count). The number of nitrogens with zero attached hydrogens (tertiary/aromatic N) is 2. The molecule has 1 aliphatic heterocycles. The molecule has 0 saturated carbocycles. The minimum absolute atomic E-state index is 0.227. The Kier molecular flexibility index (Phi) is 4.13. The second-order valence-electron chi connectivity index (χ2n) is 6.12. The van der Waals surface area contributed by atoms with Gasteiger partial charge in [-0.05, 0) is 74.4 Å². The minimum Gasteiger partial charge on any atom is -0.318 e. The number of aromatic nitrogens is 1. The van der Waals surface area contributed by atoms with Gasteiger partial charge < -0.3 is 4.57 Å². The van der Waals surface area contributed by atoms with Gasteiger partial charge in [0, 0.05) is 24.1 Å². The van der Waals surface area contributed by atoms with Crippen molar-refractivity contribution in [3.63, 3.8) is 0 Å². The van der Waals surface area contributed by atoms with Crippen LogP contribution in [0, 0.1) is 27.7 Å². The average Bonchev–Trinajstić information content (AvgIpc) is 2.94. The van der Waals surface area contributed by atoms with Crippen molar-refractivity contribution in [3.05, 3.63) is 57.2 Å². The summed E-state index contributed by atoms with van der Waals surface area (Å²) in [6.45, 7) is 8.31. The molecule has 0 N–H and O–H groups in total. The van der Waals surface area contributed by atoms with Gasteiger partial charge in [0.2, 0.25) is 0 Å². The van der Waals surface area contributed by atoms with Crippen LogP contribution in [0.2, 0.25) is 0 Å². The number of carbonyl (C=O) groups excluding carboxylic acids is 2. The predicted octanol–water partition coefficient (Wildman–Crippen LogP) is 4.38. The Labute approximate surface area is 146 Å². The number of imide groups is 1. The van der Waals surface area contributed by atoms with Gasteiger partial charge in [0.05, 0.1) is 4.91 Å². The summed E-state index contributed by atoms with van der Waals surface area (Å²) in [7, 11) is 1.51. The Morgan fingerprint density at radius 1 is 1.08 bits per heavy atom. The van der Waals surface area contributed by atoms with Crippen LogP contribution < -0.4 is 0 Å². The van der Waals surface area contributed by atoms with E-state index in [1.165, 1.54) is 18.2 Å². The molecule has 5 heteroatoms. The first kappa shape index (κ1) is 16.6. The van der Waals surface area contributed by atoms with Gasteiger partial charge in [-0.1, -0.05) is 12.1 Å². The summed E-state index contributed by atoms with van der Waals surface area (Å²) >= 11 is 0.991. The molecule has 1 saturated heterocycles. The van der Waals surface area contributed by atoms with E-state index >= 15 is 0 Å². The summed E-state index contributed by atoms with van der Waals surface area (Å²) in [5.41, 5.74) is 6.75. The van der Waals surface area contributed by atoms with Gasteiger partial charge in [0.15, 0.2) is 0 Å². The van der Waals surface area contributed by atoms with Gasteiger partial charge in [-0.25, -0.2) is 0 Å². The highest BCUT2D eigenvalue weighted by Crippen LogP contribution is 2.33. The molecule has 0 radical (unpaired) electrons. The molecule has 2 aromatic rings. The topological polar surface area (TPSA) is 42.3 Å². The van der Waals surface area contributed by atoms with Crippen LogP contribution in [0.4, 0.5) is 4.79 Å². The molecule has 0 aliphatic carbocycles. The Bertz CT molecular complexity index is 893. The summed E-state index contributed by atoms with van der Waals surface area (Å²) in [5.74, 6) is -0.235. The lowest BCUT2D eigenvalue weighted by atomic mass is 10.1. The number of amides is 2. The molecule has 0 spiro atoms. The lowest BCUT2D eigenvalue weighted by molar-refractivity contribution is -0.121. The second kappa shape index (κ2) is 5.98. The van der Waals surface area contributed by atoms with Crippen LogP contribution in [0.5, 0.6) is 0 Å². The largest absolute Gasteiger partial charge is 0.318 e. The third-order valence-electron chi connectivity index (χ3n) is 4.56. The van der Waals surface area contributed by atoms with E-state index < -0.39 is 0 Å². The van der Waals surface area contributed by atoms with Crippen molar-refractivity contribution in [3.8, 4) is 5.69 Å². The fourth-order valence-electron chi connectivity index (χ4n) is 2.97. The summed E-state index contributed by atoms with van der Waals surface area (Å²) in [6, 6.07) is 8.32. The highest BCUT2D eigenvalue weighted by atomic mass is 32.2. The molecular formula is C19H20N2O2S. The molecular weight excluding hydrogens is 320 g/mol. The van der Waals surface area contributed by atoms with Crippen LogP contribution in [0.25, 0.3) is 11.8 Å². The van der Waals surface area contributed by atoms with Crippen LogP contribution >= 0.6 is 11.8 Å². The summed E-state index contributed by atoms with van der Waals surface area (Å²) in [6.07, 6.45) is 1.82. The van der Waals surface area contributed by atoms with Gasteiger partial charge in [0.1, 0.15) is 0 Å². The Morgan fingerprint density at radius 2 is 1.79 bits per heavy atom.